The minimum Gasteiger partial charge on any atom is -0.477 e. The van der Waals surface area contributed by atoms with Crippen molar-refractivity contribution in [1.29, 1.82) is 0 Å². The van der Waals surface area contributed by atoms with E-state index in [1.807, 2.05) is 0 Å². The van der Waals surface area contributed by atoms with Crippen LogP contribution in [0.5, 0.6) is 5.88 Å². The Hall–Kier alpha value is -1.57. The van der Waals surface area contributed by atoms with Gasteiger partial charge in [0.05, 0.1) is 6.61 Å². The normalized spacial score (nSPS) is 11.4. The van der Waals surface area contributed by atoms with E-state index >= 15 is 0 Å². The third-order valence-corrected chi connectivity index (χ3v) is 1.90. The van der Waals surface area contributed by atoms with E-state index in [2.05, 4.69) is 15.4 Å². The SMILES string of the molecule is Cc1cnc(NN)nc1OCCCC(F)(F)F. The zero-order chi connectivity index (χ0) is 12.9. The van der Waals surface area contributed by atoms with E-state index in [-0.39, 0.29) is 24.9 Å². The molecule has 5 nitrogen and oxygen atoms in total. The van der Waals surface area contributed by atoms with Crippen molar-refractivity contribution < 1.29 is 17.9 Å². The highest BCUT2D eigenvalue weighted by Crippen LogP contribution is 2.22. The van der Waals surface area contributed by atoms with Gasteiger partial charge in [-0.15, -0.1) is 0 Å². The molecule has 0 saturated carbocycles. The lowest BCUT2D eigenvalue weighted by molar-refractivity contribution is -0.136. The average Bonchev–Trinajstić information content (AvgIpc) is 2.25. The lowest BCUT2D eigenvalue weighted by Gasteiger charge is -2.09. The van der Waals surface area contributed by atoms with Gasteiger partial charge in [-0.2, -0.15) is 18.2 Å². The number of ether oxygens (including phenoxy) is 1. The first-order chi connectivity index (χ1) is 7.92. The maximum atomic E-state index is 11.9. The zero-order valence-corrected chi connectivity index (χ0v) is 9.21. The summed E-state index contributed by atoms with van der Waals surface area (Å²) in [7, 11) is 0. The van der Waals surface area contributed by atoms with Gasteiger partial charge in [-0.25, -0.2) is 10.8 Å². The molecule has 17 heavy (non-hydrogen) atoms. The van der Waals surface area contributed by atoms with Crippen LogP contribution in [0.2, 0.25) is 0 Å². The summed E-state index contributed by atoms with van der Waals surface area (Å²) in [6, 6.07) is 0. The molecule has 3 N–H and O–H groups in total. The Balaban J connectivity index is 2.46. The second-order valence-corrected chi connectivity index (χ2v) is 3.39. The maximum Gasteiger partial charge on any atom is 0.389 e. The van der Waals surface area contributed by atoms with Gasteiger partial charge in [0.2, 0.25) is 11.8 Å². The number of hydrogen-bond acceptors (Lipinski definition) is 5. The molecule has 1 heterocycles. The molecule has 0 atom stereocenters. The molecule has 0 amide bonds. The van der Waals surface area contributed by atoms with Crippen LogP contribution < -0.4 is 16.0 Å². The van der Waals surface area contributed by atoms with E-state index in [1.54, 1.807) is 6.92 Å². The fourth-order valence-corrected chi connectivity index (χ4v) is 1.08. The van der Waals surface area contributed by atoms with Crippen molar-refractivity contribution in [2.75, 3.05) is 12.0 Å². The van der Waals surface area contributed by atoms with Gasteiger partial charge in [0, 0.05) is 18.2 Å². The molecule has 0 unspecified atom stereocenters. The van der Waals surface area contributed by atoms with E-state index in [9.17, 15) is 13.2 Å². The lowest BCUT2D eigenvalue weighted by Crippen LogP contribution is -2.13. The predicted molar refractivity (Wildman–Crippen MR) is 55.4 cm³/mol. The number of halogens is 3. The minimum absolute atomic E-state index is 0.0542. The van der Waals surface area contributed by atoms with E-state index < -0.39 is 12.6 Å². The number of nitrogens with zero attached hydrogens (tertiary/aromatic N) is 2. The van der Waals surface area contributed by atoms with Crippen molar-refractivity contribution in [2.45, 2.75) is 25.9 Å². The van der Waals surface area contributed by atoms with Gasteiger partial charge in [0.15, 0.2) is 0 Å². The summed E-state index contributed by atoms with van der Waals surface area (Å²) in [5, 5.41) is 0. The fraction of sp³-hybridized carbons (Fsp3) is 0.556. The minimum atomic E-state index is -4.16. The summed E-state index contributed by atoms with van der Waals surface area (Å²) in [5.41, 5.74) is 2.86. The van der Waals surface area contributed by atoms with Crippen molar-refractivity contribution in [1.82, 2.24) is 9.97 Å². The van der Waals surface area contributed by atoms with Gasteiger partial charge >= 0.3 is 6.18 Å². The number of hydrogen-bond donors (Lipinski definition) is 2. The monoisotopic (exact) mass is 250 g/mol. The number of nitrogens with two attached hydrogens (primary N) is 1. The van der Waals surface area contributed by atoms with Gasteiger partial charge in [-0.05, 0) is 13.3 Å². The van der Waals surface area contributed by atoms with E-state index in [0.29, 0.717) is 5.56 Å². The largest absolute Gasteiger partial charge is 0.477 e. The number of alkyl halides is 3. The van der Waals surface area contributed by atoms with Crippen molar-refractivity contribution in [2.24, 2.45) is 5.84 Å². The number of anilines is 1. The quantitative estimate of drug-likeness (QED) is 0.473. The second-order valence-electron chi connectivity index (χ2n) is 3.39. The standard InChI is InChI=1S/C9H13F3N4O/c1-6-5-14-8(16-13)15-7(6)17-4-2-3-9(10,11)12/h5H,2-4,13H2,1H3,(H,14,15,16). The van der Waals surface area contributed by atoms with Crippen molar-refractivity contribution in [3.63, 3.8) is 0 Å². The van der Waals surface area contributed by atoms with Crippen LogP contribution in [0.15, 0.2) is 6.20 Å². The molecule has 1 aromatic rings. The van der Waals surface area contributed by atoms with Crippen LogP contribution in [-0.2, 0) is 0 Å². The van der Waals surface area contributed by atoms with Gasteiger partial charge in [0.25, 0.3) is 0 Å². The summed E-state index contributed by atoms with van der Waals surface area (Å²) in [6.45, 7) is 1.64. The third kappa shape index (κ3) is 4.85. The smallest absolute Gasteiger partial charge is 0.389 e. The van der Waals surface area contributed by atoms with E-state index in [4.69, 9.17) is 10.6 Å². The summed E-state index contributed by atoms with van der Waals surface area (Å²) < 4.78 is 40.7. The van der Waals surface area contributed by atoms with Crippen LogP contribution in [0.1, 0.15) is 18.4 Å². The molecule has 8 heteroatoms. The summed E-state index contributed by atoms with van der Waals surface area (Å²) in [5.74, 6) is 5.49. The third-order valence-electron chi connectivity index (χ3n) is 1.90. The summed E-state index contributed by atoms with van der Waals surface area (Å²) >= 11 is 0. The maximum absolute atomic E-state index is 11.9. The lowest BCUT2D eigenvalue weighted by atomic mass is 10.3. The molecule has 0 spiro atoms. The molecule has 0 aliphatic rings. The predicted octanol–water partition coefficient (Wildman–Crippen LogP) is 1.79. The van der Waals surface area contributed by atoms with Crippen molar-refractivity contribution in [3.05, 3.63) is 11.8 Å². The Labute approximate surface area is 96.2 Å². The summed E-state index contributed by atoms with van der Waals surface area (Å²) in [4.78, 5) is 7.69. The molecule has 0 aromatic carbocycles. The topological polar surface area (TPSA) is 73.1 Å². The van der Waals surface area contributed by atoms with Gasteiger partial charge < -0.3 is 4.74 Å². The molecule has 0 saturated heterocycles. The number of aryl methyl sites for hydroxylation is 1. The molecule has 0 aliphatic carbocycles. The fourth-order valence-electron chi connectivity index (χ4n) is 1.08. The van der Waals surface area contributed by atoms with Gasteiger partial charge in [0.1, 0.15) is 0 Å². The van der Waals surface area contributed by atoms with E-state index in [0.717, 1.165) is 0 Å². The first kappa shape index (κ1) is 13.5. The van der Waals surface area contributed by atoms with Crippen LogP contribution in [-0.4, -0.2) is 22.8 Å². The molecule has 0 radical (unpaired) electrons. The highest BCUT2D eigenvalue weighted by molar-refractivity contribution is 5.31. The number of aromatic nitrogens is 2. The molecule has 1 rings (SSSR count). The molecular weight excluding hydrogens is 237 g/mol. The van der Waals surface area contributed by atoms with Crippen LogP contribution >= 0.6 is 0 Å². The Morgan fingerprint density at radius 1 is 1.47 bits per heavy atom. The van der Waals surface area contributed by atoms with E-state index in [1.165, 1.54) is 6.20 Å². The first-order valence-corrected chi connectivity index (χ1v) is 4.92. The Bertz CT molecular complexity index is 370. The van der Waals surface area contributed by atoms with Crippen LogP contribution in [0.4, 0.5) is 19.1 Å². The Kier molecular flexibility index (Phi) is 4.50. The average molecular weight is 250 g/mol. The van der Waals surface area contributed by atoms with Gasteiger partial charge in [-0.3, -0.25) is 5.43 Å². The highest BCUT2D eigenvalue weighted by atomic mass is 19.4. The molecule has 0 fully saturated rings. The molecule has 0 bridgehead atoms. The Morgan fingerprint density at radius 2 is 2.18 bits per heavy atom. The summed E-state index contributed by atoms with van der Waals surface area (Å²) in [6.07, 6.45) is -3.67. The highest BCUT2D eigenvalue weighted by Gasteiger charge is 2.26. The molecule has 1 aromatic heterocycles. The van der Waals surface area contributed by atoms with Crippen molar-refractivity contribution in [3.8, 4) is 5.88 Å². The van der Waals surface area contributed by atoms with Crippen LogP contribution in [0.25, 0.3) is 0 Å². The first-order valence-electron chi connectivity index (χ1n) is 4.92. The van der Waals surface area contributed by atoms with Crippen LogP contribution in [0, 0.1) is 6.92 Å². The molecule has 96 valence electrons. The van der Waals surface area contributed by atoms with Crippen LogP contribution in [0.3, 0.4) is 0 Å². The second kappa shape index (κ2) is 5.67. The van der Waals surface area contributed by atoms with Crippen molar-refractivity contribution >= 4 is 5.95 Å². The number of rotatable bonds is 5. The number of nitrogens with one attached hydrogen (secondary N) is 1. The van der Waals surface area contributed by atoms with Gasteiger partial charge in [-0.1, -0.05) is 0 Å². The Morgan fingerprint density at radius 3 is 2.76 bits per heavy atom. The number of hydrazine groups is 1. The molecular formula is C9H13F3N4O. The number of nitrogen functional groups attached to an aromatic ring is 1. The molecule has 0 aliphatic heterocycles. The zero-order valence-electron chi connectivity index (χ0n) is 9.21.